The Balaban J connectivity index is 1.55. The van der Waals surface area contributed by atoms with Crippen molar-refractivity contribution in [3.8, 4) is 11.4 Å². The maximum absolute atomic E-state index is 15.0. The predicted octanol–water partition coefficient (Wildman–Crippen LogP) is 2.91. The molecule has 12 heteroatoms. The number of hydrogen-bond donors (Lipinski definition) is 3. The first kappa shape index (κ1) is 24.0. The highest BCUT2D eigenvalue weighted by molar-refractivity contribution is 7.92. The summed E-state index contributed by atoms with van der Waals surface area (Å²) in [5, 5.41) is 6.19. The van der Waals surface area contributed by atoms with Gasteiger partial charge in [-0.05, 0) is 24.3 Å². The van der Waals surface area contributed by atoms with E-state index < -0.39 is 21.7 Å². The van der Waals surface area contributed by atoms with E-state index in [1.807, 2.05) is 0 Å². The van der Waals surface area contributed by atoms with E-state index >= 15 is 0 Å². The van der Waals surface area contributed by atoms with Gasteiger partial charge in [-0.25, -0.2) is 17.8 Å². The Morgan fingerprint density at radius 3 is 2.53 bits per heavy atom. The zero-order chi connectivity index (χ0) is 24.5. The van der Waals surface area contributed by atoms with E-state index in [0.29, 0.717) is 11.4 Å². The van der Waals surface area contributed by atoms with Crippen molar-refractivity contribution in [1.82, 2.24) is 14.9 Å². The van der Waals surface area contributed by atoms with E-state index in [2.05, 4.69) is 25.2 Å². The Hall–Kier alpha value is -3.15. The highest BCUT2D eigenvalue weighted by atomic mass is 35.5. The molecule has 34 heavy (non-hydrogen) atoms. The van der Waals surface area contributed by atoms with Gasteiger partial charge in [-0.2, -0.15) is 0 Å². The summed E-state index contributed by atoms with van der Waals surface area (Å²) in [6.45, 7) is 3.22. The van der Waals surface area contributed by atoms with E-state index in [1.165, 1.54) is 24.3 Å². The molecule has 1 saturated heterocycles. The van der Waals surface area contributed by atoms with Crippen LogP contribution in [0.4, 0.5) is 21.5 Å². The molecule has 1 fully saturated rings. The number of rotatable bonds is 6. The summed E-state index contributed by atoms with van der Waals surface area (Å²) in [5.41, 5.74) is 2.10. The number of nitrogens with one attached hydrogen (secondary N) is 3. The fourth-order valence-electron chi connectivity index (χ4n) is 3.77. The molecule has 3 aromatic rings. The lowest BCUT2D eigenvalue weighted by atomic mass is 10.2. The van der Waals surface area contributed by atoms with Crippen LogP contribution in [-0.2, 0) is 17.1 Å². The number of pyridine rings is 1. The third-order valence-electron chi connectivity index (χ3n) is 5.28. The van der Waals surface area contributed by atoms with Crippen molar-refractivity contribution in [3.05, 3.63) is 59.1 Å². The maximum Gasteiger partial charge on any atom is 0.257 e. The lowest BCUT2D eigenvalue weighted by Crippen LogP contribution is -2.43. The molecule has 0 atom stereocenters. The van der Waals surface area contributed by atoms with E-state index in [0.717, 1.165) is 38.1 Å². The van der Waals surface area contributed by atoms with Crippen molar-refractivity contribution in [2.45, 2.75) is 0 Å². The van der Waals surface area contributed by atoms with E-state index in [-0.39, 0.29) is 22.0 Å². The lowest BCUT2D eigenvalue weighted by Gasteiger charge is -2.29. The van der Waals surface area contributed by atoms with Gasteiger partial charge in [0, 0.05) is 56.2 Å². The number of halogens is 2. The highest BCUT2D eigenvalue weighted by Gasteiger charge is 2.19. The summed E-state index contributed by atoms with van der Waals surface area (Å²) in [6, 6.07) is 7.38. The van der Waals surface area contributed by atoms with Crippen LogP contribution in [0.25, 0.3) is 11.4 Å². The minimum absolute atomic E-state index is 0.142. The molecule has 0 aliphatic carbocycles. The van der Waals surface area contributed by atoms with E-state index in [4.69, 9.17) is 11.6 Å². The molecule has 0 radical (unpaired) electrons. The van der Waals surface area contributed by atoms with E-state index in [9.17, 15) is 17.6 Å². The number of benzene rings is 1. The summed E-state index contributed by atoms with van der Waals surface area (Å²) in [4.78, 5) is 19.2. The first-order chi connectivity index (χ1) is 16.1. The van der Waals surface area contributed by atoms with Crippen molar-refractivity contribution >= 4 is 44.6 Å². The summed E-state index contributed by atoms with van der Waals surface area (Å²) in [6.07, 6.45) is 4.22. The second-order valence-electron chi connectivity index (χ2n) is 8.04. The Bertz CT molecular complexity index is 1340. The van der Waals surface area contributed by atoms with Crippen LogP contribution in [-0.4, -0.2) is 56.3 Å². The van der Waals surface area contributed by atoms with Gasteiger partial charge in [-0.15, -0.1) is 0 Å². The van der Waals surface area contributed by atoms with Crippen LogP contribution in [0, 0.1) is 5.82 Å². The number of anilines is 3. The van der Waals surface area contributed by atoms with Crippen LogP contribution in [0.3, 0.4) is 0 Å². The van der Waals surface area contributed by atoms with Gasteiger partial charge in [-0.3, -0.25) is 9.52 Å². The fraction of sp³-hybridized carbons (Fsp3) is 0.273. The van der Waals surface area contributed by atoms with Crippen molar-refractivity contribution in [2.24, 2.45) is 7.05 Å². The molecular formula is C22H24ClFN6O3S. The molecule has 1 aromatic carbocycles. The summed E-state index contributed by atoms with van der Waals surface area (Å²) in [7, 11) is -1.81. The number of sulfonamides is 1. The van der Waals surface area contributed by atoms with Crippen LogP contribution in [0.15, 0.2) is 42.7 Å². The fourth-order valence-corrected chi connectivity index (χ4v) is 4.56. The van der Waals surface area contributed by atoms with Crippen LogP contribution in [0.2, 0.25) is 5.02 Å². The monoisotopic (exact) mass is 506 g/mol. The second-order valence-corrected chi connectivity index (χ2v) is 10.2. The molecule has 0 unspecified atom stereocenters. The van der Waals surface area contributed by atoms with E-state index in [1.54, 1.807) is 30.1 Å². The Morgan fingerprint density at radius 2 is 1.85 bits per heavy atom. The van der Waals surface area contributed by atoms with Gasteiger partial charge in [0.05, 0.1) is 35.1 Å². The molecule has 0 bridgehead atoms. The van der Waals surface area contributed by atoms with Gasteiger partial charge >= 0.3 is 0 Å². The van der Waals surface area contributed by atoms with Crippen molar-refractivity contribution < 1.29 is 17.6 Å². The summed E-state index contributed by atoms with van der Waals surface area (Å²) in [5.74, 6) is -0.942. The van der Waals surface area contributed by atoms with Gasteiger partial charge < -0.3 is 20.1 Å². The minimum Gasteiger partial charge on any atom is -0.368 e. The molecule has 180 valence electrons. The molecule has 2 aromatic heterocycles. The molecule has 4 rings (SSSR count). The third kappa shape index (κ3) is 5.66. The van der Waals surface area contributed by atoms with Gasteiger partial charge in [0.1, 0.15) is 5.69 Å². The van der Waals surface area contributed by atoms with Crippen molar-refractivity contribution in [1.29, 1.82) is 0 Å². The molecule has 0 spiro atoms. The maximum atomic E-state index is 15.0. The standard InChI is InChI=1S/C22H24ClFN6O3S/c1-29-13-14(22(31)27-16-8-15(23)9-17(10-16)28-34(2,32)33)7-20(29)21-19(24)11-18(12-26-21)30-5-3-25-4-6-30/h7-13,25,28H,3-6H2,1-2H3,(H,27,31). The number of piperazine rings is 1. The Kier molecular flexibility index (Phi) is 6.78. The average Bonchev–Trinajstić information content (AvgIpc) is 3.14. The summed E-state index contributed by atoms with van der Waals surface area (Å²) < 4.78 is 41.9. The quantitative estimate of drug-likeness (QED) is 0.474. The van der Waals surface area contributed by atoms with Crippen molar-refractivity contribution in [3.63, 3.8) is 0 Å². The summed E-state index contributed by atoms with van der Waals surface area (Å²) >= 11 is 6.06. The number of nitrogens with zero attached hydrogens (tertiary/aromatic N) is 3. The van der Waals surface area contributed by atoms with Crippen LogP contribution < -0.4 is 20.3 Å². The number of amides is 1. The lowest BCUT2D eigenvalue weighted by molar-refractivity contribution is 0.102. The molecule has 3 N–H and O–H groups in total. The van der Waals surface area contributed by atoms with Crippen LogP contribution in [0.5, 0.6) is 0 Å². The number of aryl methyl sites for hydroxylation is 1. The number of aromatic nitrogens is 2. The van der Waals surface area contributed by atoms with Crippen LogP contribution in [0.1, 0.15) is 10.4 Å². The average molecular weight is 507 g/mol. The van der Waals surface area contributed by atoms with Gasteiger partial charge in [0.2, 0.25) is 10.0 Å². The highest BCUT2D eigenvalue weighted by Crippen LogP contribution is 2.27. The molecular weight excluding hydrogens is 483 g/mol. The molecule has 9 nitrogen and oxygen atoms in total. The number of carbonyl (C=O) groups is 1. The molecule has 3 heterocycles. The third-order valence-corrected chi connectivity index (χ3v) is 6.10. The zero-order valence-electron chi connectivity index (χ0n) is 18.6. The molecule has 1 amide bonds. The Morgan fingerprint density at radius 1 is 1.15 bits per heavy atom. The topological polar surface area (TPSA) is 108 Å². The first-order valence-corrected chi connectivity index (χ1v) is 12.7. The second kappa shape index (κ2) is 9.61. The normalized spacial score (nSPS) is 14.2. The number of hydrogen-bond acceptors (Lipinski definition) is 6. The predicted molar refractivity (Wildman–Crippen MR) is 132 cm³/mol. The largest absolute Gasteiger partial charge is 0.368 e. The van der Waals surface area contributed by atoms with Crippen LogP contribution >= 0.6 is 11.6 Å². The molecule has 1 aliphatic heterocycles. The van der Waals surface area contributed by atoms with Crippen molar-refractivity contribution in [2.75, 3.05) is 47.4 Å². The number of carbonyl (C=O) groups excluding carboxylic acids is 1. The zero-order valence-corrected chi connectivity index (χ0v) is 20.2. The molecule has 0 saturated carbocycles. The van der Waals surface area contributed by atoms with Gasteiger partial charge in [-0.1, -0.05) is 11.6 Å². The molecule has 1 aliphatic rings. The first-order valence-electron chi connectivity index (χ1n) is 10.5. The Labute approximate surface area is 202 Å². The van der Waals surface area contributed by atoms with Gasteiger partial charge in [0.25, 0.3) is 5.91 Å². The smallest absolute Gasteiger partial charge is 0.257 e. The van der Waals surface area contributed by atoms with Gasteiger partial charge in [0.15, 0.2) is 5.82 Å². The SMILES string of the molecule is Cn1cc(C(=O)Nc2cc(Cl)cc(NS(C)(=O)=O)c2)cc1-c1ncc(N2CCNCC2)cc1F. The minimum atomic E-state index is -3.51.